The first kappa shape index (κ1) is 18.4. The van der Waals surface area contributed by atoms with Crippen molar-refractivity contribution in [2.45, 2.75) is 27.2 Å². The van der Waals surface area contributed by atoms with Crippen LogP contribution in [0.25, 0.3) is 0 Å². The minimum atomic E-state index is -0.340. The van der Waals surface area contributed by atoms with Gasteiger partial charge < -0.3 is 15.4 Å². The fraction of sp³-hybridized carbons (Fsp3) is 0.333. The number of nitrogens with one attached hydrogen (secondary N) is 2. The standard InChI is InChI=1S/C18H22N2O2S2/c1-11(2)9-13-10-24-16(15(13)17(21)22-4)20-18(23)19-14-8-6-5-7-12(14)3/h5-8,10-11H,9H2,1-4H3,(H2,19,20,23). The molecule has 2 aromatic rings. The monoisotopic (exact) mass is 362 g/mol. The Hall–Kier alpha value is -1.92. The lowest BCUT2D eigenvalue weighted by Crippen LogP contribution is -2.20. The quantitative estimate of drug-likeness (QED) is 0.588. The number of esters is 1. The lowest BCUT2D eigenvalue weighted by molar-refractivity contribution is 0.0601. The van der Waals surface area contributed by atoms with Crippen molar-refractivity contribution in [3.05, 3.63) is 46.3 Å². The largest absolute Gasteiger partial charge is 0.465 e. The highest BCUT2D eigenvalue weighted by molar-refractivity contribution is 7.80. The van der Waals surface area contributed by atoms with E-state index < -0.39 is 0 Å². The Morgan fingerprint density at radius 3 is 2.62 bits per heavy atom. The van der Waals surface area contributed by atoms with E-state index in [1.165, 1.54) is 18.4 Å². The molecule has 0 bridgehead atoms. The molecular formula is C18H22N2O2S2. The number of rotatable bonds is 5. The molecule has 2 N–H and O–H groups in total. The molecule has 128 valence electrons. The Bertz CT molecular complexity index is 738. The van der Waals surface area contributed by atoms with E-state index in [-0.39, 0.29) is 5.97 Å². The van der Waals surface area contributed by atoms with Crippen molar-refractivity contribution >= 4 is 45.3 Å². The van der Waals surface area contributed by atoms with Gasteiger partial charge in [-0.3, -0.25) is 0 Å². The Labute approximate surface area is 152 Å². The molecule has 2 rings (SSSR count). The summed E-state index contributed by atoms with van der Waals surface area (Å²) in [4.78, 5) is 12.2. The molecular weight excluding hydrogens is 340 g/mol. The molecule has 0 spiro atoms. The molecule has 0 radical (unpaired) electrons. The van der Waals surface area contributed by atoms with Gasteiger partial charge in [0.1, 0.15) is 5.00 Å². The van der Waals surface area contributed by atoms with Crippen molar-refractivity contribution in [3.63, 3.8) is 0 Å². The first-order chi connectivity index (χ1) is 11.4. The highest BCUT2D eigenvalue weighted by atomic mass is 32.1. The average Bonchev–Trinajstić information content (AvgIpc) is 2.90. The maximum atomic E-state index is 12.2. The SMILES string of the molecule is COC(=O)c1c(CC(C)C)csc1NC(=S)Nc1ccccc1C. The third-order valence-corrected chi connectivity index (χ3v) is 4.65. The van der Waals surface area contributed by atoms with Crippen LogP contribution in [0.1, 0.15) is 35.3 Å². The number of para-hydroxylation sites is 1. The summed E-state index contributed by atoms with van der Waals surface area (Å²) in [7, 11) is 1.40. The van der Waals surface area contributed by atoms with Crippen LogP contribution in [0.3, 0.4) is 0 Å². The summed E-state index contributed by atoms with van der Waals surface area (Å²) in [6.45, 7) is 6.25. The van der Waals surface area contributed by atoms with E-state index in [1.807, 2.05) is 36.6 Å². The van der Waals surface area contributed by atoms with Gasteiger partial charge in [-0.05, 0) is 54.1 Å². The number of benzene rings is 1. The number of carbonyl (C=O) groups is 1. The Morgan fingerprint density at radius 1 is 1.29 bits per heavy atom. The number of aryl methyl sites for hydroxylation is 1. The van der Waals surface area contributed by atoms with E-state index in [0.717, 1.165) is 23.2 Å². The number of ether oxygens (including phenoxy) is 1. The topological polar surface area (TPSA) is 50.4 Å². The van der Waals surface area contributed by atoms with Crippen LogP contribution in [-0.2, 0) is 11.2 Å². The van der Waals surface area contributed by atoms with Gasteiger partial charge in [0.25, 0.3) is 0 Å². The summed E-state index contributed by atoms with van der Waals surface area (Å²) in [5.41, 5.74) is 3.60. The second-order valence-electron chi connectivity index (χ2n) is 5.95. The van der Waals surface area contributed by atoms with Gasteiger partial charge in [-0.25, -0.2) is 4.79 Å². The maximum absolute atomic E-state index is 12.2. The molecule has 1 heterocycles. The first-order valence-electron chi connectivity index (χ1n) is 7.74. The minimum absolute atomic E-state index is 0.340. The van der Waals surface area contributed by atoms with Crippen molar-refractivity contribution in [2.75, 3.05) is 17.7 Å². The number of carbonyl (C=O) groups excluding carboxylic acids is 1. The molecule has 0 saturated carbocycles. The number of thiophene rings is 1. The van der Waals surface area contributed by atoms with Gasteiger partial charge in [0.2, 0.25) is 0 Å². The molecule has 24 heavy (non-hydrogen) atoms. The van der Waals surface area contributed by atoms with Gasteiger partial charge in [-0.2, -0.15) is 0 Å². The molecule has 0 amide bonds. The average molecular weight is 363 g/mol. The van der Waals surface area contributed by atoms with Crippen molar-refractivity contribution < 1.29 is 9.53 Å². The van der Waals surface area contributed by atoms with Crippen LogP contribution in [0, 0.1) is 12.8 Å². The second-order valence-corrected chi connectivity index (χ2v) is 7.24. The summed E-state index contributed by atoms with van der Waals surface area (Å²) in [6.07, 6.45) is 0.820. The lowest BCUT2D eigenvalue weighted by atomic mass is 10.0. The highest BCUT2D eigenvalue weighted by Gasteiger charge is 2.21. The molecule has 0 atom stereocenters. The summed E-state index contributed by atoms with van der Waals surface area (Å²) in [5, 5.41) is 9.45. The normalized spacial score (nSPS) is 10.5. The molecule has 0 unspecified atom stereocenters. The minimum Gasteiger partial charge on any atom is -0.465 e. The van der Waals surface area contributed by atoms with Crippen LogP contribution >= 0.6 is 23.6 Å². The third-order valence-electron chi connectivity index (χ3n) is 3.51. The van der Waals surface area contributed by atoms with E-state index in [4.69, 9.17) is 17.0 Å². The van der Waals surface area contributed by atoms with Crippen molar-refractivity contribution in [3.8, 4) is 0 Å². The van der Waals surface area contributed by atoms with Crippen LogP contribution in [0.2, 0.25) is 0 Å². The number of thiocarbonyl (C=S) groups is 1. The number of methoxy groups -OCH3 is 1. The number of hydrogen-bond donors (Lipinski definition) is 2. The van der Waals surface area contributed by atoms with Gasteiger partial charge in [0, 0.05) is 5.69 Å². The Kier molecular flexibility index (Phi) is 6.34. The molecule has 0 aliphatic heterocycles. The molecule has 0 aliphatic carbocycles. The van der Waals surface area contributed by atoms with Crippen molar-refractivity contribution in [1.29, 1.82) is 0 Å². The van der Waals surface area contributed by atoms with E-state index in [0.29, 0.717) is 21.6 Å². The van der Waals surface area contributed by atoms with Crippen LogP contribution < -0.4 is 10.6 Å². The van der Waals surface area contributed by atoms with E-state index in [2.05, 4.69) is 24.5 Å². The smallest absolute Gasteiger partial charge is 0.341 e. The molecule has 0 saturated heterocycles. The zero-order valence-electron chi connectivity index (χ0n) is 14.3. The van der Waals surface area contributed by atoms with E-state index in [9.17, 15) is 4.79 Å². The highest BCUT2D eigenvalue weighted by Crippen LogP contribution is 2.31. The first-order valence-corrected chi connectivity index (χ1v) is 9.03. The van der Waals surface area contributed by atoms with Crippen LogP contribution in [0.15, 0.2) is 29.6 Å². The van der Waals surface area contributed by atoms with Gasteiger partial charge in [0.15, 0.2) is 5.11 Å². The van der Waals surface area contributed by atoms with Crippen LogP contribution in [-0.4, -0.2) is 18.2 Å². The summed E-state index contributed by atoms with van der Waals surface area (Å²) in [6, 6.07) is 7.90. The predicted molar refractivity (Wildman–Crippen MR) is 105 cm³/mol. The van der Waals surface area contributed by atoms with Gasteiger partial charge in [-0.1, -0.05) is 32.0 Å². The molecule has 1 aromatic heterocycles. The second kappa shape index (κ2) is 8.26. The van der Waals surface area contributed by atoms with Gasteiger partial charge in [-0.15, -0.1) is 11.3 Å². The van der Waals surface area contributed by atoms with Gasteiger partial charge >= 0.3 is 5.97 Å². The third kappa shape index (κ3) is 4.55. The maximum Gasteiger partial charge on any atom is 0.341 e. The predicted octanol–water partition coefficient (Wildman–Crippen LogP) is 4.85. The van der Waals surface area contributed by atoms with Crippen LogP contribution in [0.4, 0.5) is 10.7 Å². The molecule has 0 aliphatic rings. The summed E-state index contributed by atoms with van der Waals surface area (Å²) >= 11 is 6.85. The number of hydrogen-bond acceptors (Lipinski definition) is 4. The Morgan fingerprint density at radius 2 is 2.00 bits per heavy atom. The molecule has 4 nitrogen and oxygen atoms in total. The van der Waals surface area contributed by atoms with Crippen LogP contribution in [0.5, 0.6) is 0 Å². The fourth-order valence-electron chi connectivity index (χ4n) is 2.37. The zero-order valence-corrected chi connectivity index (χ0v) is 15.9. The molecule has 0 fully saturated rings. The zero-order chi connectivity index (χ0) is 17.7. The van der Waals surface area contributed by atoms with Crippen molar-refractivity contribution in [2.24, 2.45) is 5.92 Å². The van der Waals surface area contributed by atoms with Crippen molar-refractivity contribution in [1.82, 2.24) is 0 Å². The summed E-state index contributed by atoms with van der Waals surface area (Å²) in [5.74, 6) is 0.112. The van der Waals surface area contributed by atoms with E-state index in [1.54, 1.807) is 0 Å². The lowest BCUT2D eigenvalue weighted by Gasteiger charge is -2.13. The summed E-state index contributed by atoms with van der Waals surface area (Å²) < 4.78 is 4.94. The fourth-order valence-corrected chi connectivity index (χ4v) is 3.62. The van der Waals surface area contributed by atoms with Gasteiger partial charge in [0.05, 0.1) is 12.7 Å². The van der Waals surface area contributed by atoms with E-state index >= 15 is 0 Å². The Balaban J connectivity index is 2.19. The number of anilines is 2. The molecule has 1 aromatic carbocycles. The molecule has 6 heteroatoms.